The fourth-order valence-corrected chi connectivity index (χ4v) is 1.33. The van der Waals surface area contributed by atoms with Crippen molar-refractivity contribution in [1.82, 2.24) is 4.90 Å². The van der Waals surface area contributed by atoms with Crippen LogP contribution in [-0.4, -0.2) is 43.3 Å². The van der Waals surface area contributed by atoms with Gasteiger partial charge in [0, 0.05) is 6.54 Å². The van der Waals surface area contributed by atoms with Crippen molar-refractivity contribution in [3.8, 4) is 0 Å². The van der Waals surface area contributed by atoms with Crippen molar-refractivity contribution >= 4 is 18.2 Å². The van der Waals surface area contributed by atoms with Crippen LogP contribution in [0.2, 0.25) is 0 Å². The maximum Gasteiger partial charge on any atom is 0.316 e. The van der Waals surface area contributed by atoms with Crippen molar-refractivity contribution in [3.63, 3.8) is 0 Å². The van der Waals surface area contributed by atoms with E-state index in [9.17, 15) is 14.4 Å². The van der Waals surface area contributed by atoms with E-state index in [2.05, 4.69) is 4.74 Å². The van der Waals surface area contributed by atoms with Crippen LogP contribution in [0.5, 0.6) is 0 Å². The Bertz CT molecular complexity index is 238. The molecule has 0 radical (unpaired) electrons. The minimum absolute atomic E-state index is 0.0171. The lowest BCUT2D eigenvalue weighted by Crippen LogP contribution is -2.43. The number of methoxy groups -OCH3 is 1. The van der Waals surface area contributed by atoms with E-state index in [1.165, 1.54) is 12.0 Å². The molecule has 1 atom stereocenters. The number of nitrogens with zero attached hydrogens (tertiary/aromatic N) is 1. The average molecular weight is 185 g/mol. The van der Waals surface area contributed by atoms with E-state index in [4.69, 9.17) is 0 Å². The first-order valence-electron chi connectivity index (χ1n) is 3.99. The van der Waals surface area contributed by atoms with Gasteiger partial charge in [-0.05, 0) is 6.42 Å². The molecular weight excluding hydrogens is 174 g/mol. The predicted molar refractivity (Wildman–Crippen MR) is 42.8 cm³/mol. The number of Topliss-reactive ketones (excluding diaryl/α,β-unsaturated/α-hetero) is 1. The highest BCUT2D eigenvalue weighted by atomic mass is 16.5. The van der Waals surface area contributed by atoms with Crippen LogP contribution in [0.25, 0.3) is 0 Å². The van der Waals surface area contributed by atoms with Gasteiger partial charge in [-0.2, -0.15) is 0 Å². The van der Waals surface area contributed by atoms with Crippen molar-refractivity contribution in [2.24, 2.45) is 5.92 Å². The Kier molecular flexibility index (Phi) is 3.00. The maximum absolute atomic E-state index is 11.3. The topological polar surface area (TPSA) is 63.7 Å². The Morgan fingerprint density at radius 1 is 1.69 bits per heavy atom. The summed E-state index contributed by atoms with van der Waals surface area (Å²) < 4.78 is 4.46. The van der Waals surface area contributed by atoms with E-state index in [1.807, 2.05) is 0 Å². The maximum atomic E-state index is 11.3. The van der Waals surface area contributed by atoms with Crippen LogP contribution in [0.3, 0.4) is 0 Å². The summed E-state index contributed by atoms with van der Waals surface area (Å²) in [6.45, 7) is 0.457. The van der Waals surface area contributed by atoms with E-state index in [1.54, 1.807) is 0 Å². The van der Waals surface area contributed by atoms with Gasteiger partial charge in [0.15, 0.2) is 5.78 Å². The molecule has 1 saturated heterocycles. The van der Waals surface area contributed by atoms with E-state index in [0.717, 1.165) is 0 Å². The summed E-state index contributed by atoms with van der Waals surface area (Å²) >= 11 is 0. The number of likely N-dealkylation sites (tertiary alicyclic amines) is 1. The molecule has 0 aliphatic carbocycles. The highest BCUT2D eigenvalue weighted by Crippen LogP contribution is 2.13. The number of amides is 1. The number of ketones is 1. The van der Waals surface area contributed by atoms with Crippen molar-refractivity contribution < 1.29 is 19.1 Å². The van der Waals surface area contributed by atoms with Crippen LogP contribution in [0.1, 0.15) is 6.42 Å². The molecule has 0 N–H and O–H groups in total. The number of piperidine rings is 1. The standard InChI is InChI=1S/C8H11NO4/c1-13-8(12)6-2-3-9(5-10)4-7(6)11/h5-6H,2-4H2,1H3. The lowest BCUT2D eigenvalue weighted by Gasteiger charge is -2.26. The Morgan fingerprint density at radius 2 is 2.38 bits per heavy atom. The molecule has 0 aromatic carbocycles. The van der Waals surface area contributed by atoms with Gasteiger partial charge in [-0.3, -0.25) is 14.4 Å². The Labute approximate surface area is 75.6 Å². The first-order valence-corrected chi connectivity index (χ1v) is 3.99. The van der Waals surface area contributed by atoms with Crippen molar-refractivity contribution in [1.29, 1.82) is 0 Å². The third-order valence-corrected chi connectivity index (χ3v) is 2.09. The van der Waals surface area contributed by atoms with E-state index < -0.39 is 11.9 Å². The normalized spacial score (nSPS) is 22.7. The number of hydrogen-bond donors (Lipinski definition) is 0. The molecule has 0 bridgehead atoms. The molecule has 1 heterocycles. The molecule has 5 heteroatoms. The summed E-state index contributed by atoms with van der Waals surface area (Å²) in [5, 5.41) is 0. The highest BCUT2D eigenvalue weighted by Gasteiger charge is 2.32. The molecule has 0 spiro atoms. The Hall–Kier alpha value is -1.39. The van der Waals surface area contributed by atoms with Gasteiger partial charge in [-0.15, -0.1) is 0 Å². The van der Waals surface area contributed by atoms with Crippen LogP contribution in [-0.2, 0) is 19.1 Å². The number of carbonyl (C=O) groups is 3. The molecule has 1 aliphatic heterocycles. The highest BCUT2D eigenvalue weighted by molar-refractivity contribution is 6.01. The molecule has 0 aromatic rings. The quantitative estimate of drug-likeness (QED) is 0.321. The smallest absolute Gasteiger partial charge is 0.316 e. The second-order valence-corrected chi connectivity index (χ2v) is 2.91. The van der Waals surface area contributed by atoms with E-state index >= 15 is 0 Å². The van der Waals surface area contributed by atoms with Crippen molar-refractivity contribution in [2.45, 2.75) is 6.42 Å². The second kappa shape index (κ2) is 4.02. The lowest BCUT2D eigenvalue weighted by molar-refractivity contribution is -0.152. The lowest BCUT2D eigenvalue weighted by atomic mass is 9.96. The molecule has 5 nitrogen and oxygen atoms in total. The first-order chi connectivity index (χ1) is 6.19. The minimum atomic E-state index is -0.679. The average Bonchev–Trinajstić information content (AvgIpc) is 2.16. The number of rotatable bonds is 2. The molecule has 72 valence electrons. The molecule has 1 fully saturated rings. The molecular formula is C8H11NO4. The number of hydrogen-bond acceptors (Lipinski definition) is 4. The Morgan fingerprint density at radius 3 is 2.85 bits per heavy atom. The fourth-order valence-electron chi connectivity index (χ4n) is 1.33. The summed E-state index contributed by atoms with van der Waals surface area (Å²) in [5.41, 5.74) is 0. The zero-order chi connectivity index (χ0) is 9.84. The number of esters is 1. The third kappa shape index (κ3) is 2.05. The van der Waals surface area contributed by atoms with Gasteiger partial charge in [0.1, 0.15) is 5.92 Å². The van der Waals surface area contributed by atoms with E-state index in [0.29, 0.717) is 19.4 Å². The van der Waals surface area contributed by atoms with Crippen LogP contribution < -0.4 is 0 Å². The minimum Gasteiger partial charge on any atom is -0.468 e. The molecule has 1 unspecified atom stereocenters. The monoisotopic (exact) mass is 185 g/mol. The summed E-state index contributed by atoms with van der Waals surface area (Å²) in [6.07, 6.45) is 0.982. The van der Waals surface area contributed by atoms with Crippen LogP contribution >= 0.6 is 0 Å². The number of ether oxygens (including phenoxy) is 1. The zero-order valence-electron chi connectivity index (χ0n) is 7.36. The van der Waals surface area contributed by atoms with Gasteiger partial charge in [0.25, 0.3) is 0 Å². The zero-order valence-corrected chi connectivity index (χ0v) is 7.36. The first kappa shape index (κ1) is 9.70. The third-order valence-electron chi connectivity index (χ3n) is 2.09. The van der Waals surface area contributed by atoms with Crippen molar-refractivity contribution in [3.05, 3.63) is 0 Å². The van der Waals surface area contributed by atoms with Crippen molar-refractivity contribution in [2.75, 3.05) is 20.2 Å². The van der Waals surface area contributed by atoms with Gasteiger partial charge in [0.05, 0.1) is 13.7 Å². The molecule has 1 amide bonds. The summed E-state index contributed by atoms with van der Waals surface area (Å²) in [4.78, 5) is 33.9. The van der Waals surface area contributed by atoms with Gasteiger partial charge in [-0.1, -0.05) is 0 Å². The summed E-state index contributed by atoms with van der Waals surface area (Å²) in [7, 11) is 1.25. The SMILES string of the molecule is COC(=O)C1CCN(C=O)CC1=O. The summed E-state index contributed by atoms with van der Waals surface area (Å²) in [5.74, 6) is -1.43. The molecule has 1 aliphatic rings. The van der Waals surface area contributed by atoms with Crippen LogP contribution in [0, 0.1) is 5.92 Å². The van der Waals surface area contributed by atoms with Crippen LogP contribution in [0.15, 0.2) is 0 Å². The van der Waals surface area contributed by atoms with Gasteiger partial charge < -0.3 is 9.64 Å². The Balaban J connectivity index is 2.58. The molecule has 0 saturated carbocycles. The van der Waals surface area contributed by atoms with E-state index in [-0.39, 0.29) is 12.3 Å². The van der Waals surface area contributed by atoms with Gasteiger partial charge >= 0.3 is 5.97 Å². The van der Waals surface area contributed by atoms with Crippen LogP contribution in [0.4, 0.5) is 0 Å². The molecule has 13 heavy (non-hydrogen) atoms. The second-order valence-electron chi connectivity index (χ2n) is 2.91. The van der Waals surface area contributed by atoms with Gasteiger partial charge in [-0.25, -0.2) is 0 Å². The number of carbonyl (C=O) groups excluding carboxylic acids is 3. The molecule has 1 rings (SSSR count). The summed E-state index contributed by atoms with van der Waals surface area (Å²) in [6, 6.07) is 0. The molecule has 0 aromatic heterocycles. The fraction of sp³-hybridized carbons (Fsp3) is 0.625. The van der Waals surface area contributed by atoms with Gasteiger partial charge in [0.2, 0.25) is 6.41 Å². The predicted octanol–water partition coefficient (Wildman–Crippen LogP) is -0.793. The largest absolute Gasteiger partial charge is 0.468 e.